The van der Waals surface area contributed by atoms with Gasteiger partial charge < -0.3 is 20.5 Å². The zero-order valence-electron chi connectivity index (χ0n) is 13.1. The minimum Gasteiger partial charge on any atom is -0.490 e. The van der Waals surface area contributed by atoms with Crippen LogP contribution < -0.4 is 20.5 Å². The number of hydrogen-bond acceptors (Lipinski definition) is 4. The molecule has 0 saturated carbocycles. The van der Waals surface area contributed by atoms with Crippen molar-refractivity contribution in [2.24, 2.45) is 10.7 Å². The lowest BCUT2D eigenvalue weighted by Gasteiger charge is -2.11. The number of guanidine groups is 1. The van der Waals surface area contributed by atoms with Gasteiger partial charge in [0.05, 0.1) is 13.2 Å². The van der Waals surface area contributed by atoms with Crippen molar-refractivity contribution in [1.29, 1.82) is 0 Å². The molecule has 5 nitrogen and oxygen atoms in total. The summed E-state index contributed by atoms with van der Waals surface area (Å²) in [6, 6.07) is 7.83. The predicted octanol–water partition coefficient (Wildman–Crippen LogP) is 3.44. The summed E-state index contributed by atoms with van der Waals surface area (Å²) in [6.07, 6.45) is 0.890. The van der Waals surface area contributed by atoms with E-state index in [0.29, 0.717) is 31.6 Å². The average Bonchev–Trinajstić information content (AvgIpc) is 2.99. The Kier molecular flexibility index (Phi) is 5.02. The van der Waals surface area contributed by atoms with Gasteiger partial charge in [0, 0.05) is 30.6 Å². The standard InChI is InChI=1S/C17H21N3O2S/c1-12(13-5-8-23-11-13)10-19-17(18)20-14-3-4-15-16(9-14)22-7-2-6-21-15/h3-5,8-9,11-12H,2,6-7,10H2,1H3,(H3,18,19,20). The fraction of sp³-hybridized carbons (Fsp3) is 0.353. The molecular weight excluding hydrogens is 310 g/mol. The quantitative estimate of drug-likeness (QED) is 0.665. The van der Waals surface area contributed by atoms with Crippen LogP contribution in [0.2, 0.25) is 0 Å². The van der Waals surface area contributed by atoms with E-state index in [2.05, 4.69) is 34.1 Å². The van der Waals surface area contributed by atoms with Crippen LogP contribution in [0.4, 0.5) is 5.69 Å². The smallest absolute Gasteiger partial charge is 0.193 e. The van der Waals surface area contributed by atoms with Crippen molar-refractivity contribution < 1.29 is 9.47 Å². The normalized spacial score (nSPS) is 15.8. The molecule has 1 aromatic heterocycles. The summed E-state index contributed by atoms with van der Waals surface area (Å²) in [5.41, 5.74) is 8.12. The summed E-state index contributed by atoms with van der Waals surface area (Å²) in [7, 11) is 0. The number of aliphatic imine (C=N–C) groups is 1. The van der Waals surface area contributed by atoms with E-state index >= 15 is 0 Å². The molecule has 3 N–H and O–H groups in total. The first kappa shape index (κ1) is 15.7. The van der Waals surface area contributed by atoms with E-state index in [1.807, 2.05) is 18.2 Å². The van der Waals surface area contributed by atoms with Gasteiger partial charge in [-0.3, -0.25) is 4.99 Å². The van der Waals surface area contributed by atoms with Crippen LogP contribution in [0, 0.1) is 0 Å². The number of nitrogens with two attached hydrogens (primary N) is 1. The second-order valence-corrected chi connectivity index (χ2v) is 6.30. The summed E-state index contributed by atoms with van der Waals surface area (Å²) in [6.45, 7) is 4.15. The molecule has 23 heavy (non-hydrogen) atoms. The number of anilines is 1. The highest BCUT2D eigenvalue weighted by atomic mass is 32.1. The Morgan fingerprint density at radius 2 is 2.13 bits per heavy atom. The van der Waals surface area contributed by atoms with Crippen molar-refractivity contribution in [2.75, 3.05) is 25.1 Å². The monoisotopic (exact) mass is 331 g/mol. The maximum Gasteiger partial charge on any atom is 0.193 e. The van der Waals surface area contributed by atoms with Crippen molar-refractivity contribution in [3.63, 3.8) is 0 Å². The van der Waals surface area contributed by atoms with Crippen LogP contribution in [0.15, 0.2) is 40.0 Å². The molecular formula is C17H21N3O2S. The zero-order chi connectivity index (χ0) is 16.1. The largest absolute Gasteiger partial charge is 0.490 e. The second-order valence-electron chi connectivity index (χ2n) is 5.52. The Morgan fingerprint density at radius 3 is 2.91 bits per heavy atom. The minimum atomic E-state index is 0.352. The van der Waals surface area contributed by atoms with Gasteiger partial charge in [0.2, 0.25) is 0 Å². The minimum absolute atomic E-state index is 0.352. The van der Waals surface area contributed by atoms with Gasteiger partial charge in [-0.15, -0.1) is 0 Å². The first-order valence-corrected chi connectivity index (χ1v) is 8.65. The van der Waals surface area contributed by atoms with Crippen LogP contribution >= 0.6 is 11.3 Å². The lowest BCUT2D eigenvalue weighted by atomic mass is 10.1. The van der Waals surface area contributed by atoms with E-state index in [9.17, 15) is 0 Å². The Morgan fingerprint density at radius 1 is 1.30 bits per heavy atom. The Balaban J connectivity index is 1.62. The molecule has 1 atom stereocenters. The highest BCUT2D eigenvalue weighted by Gasteiger charge is 2.11. The van der Waals surface area contributed by atoms with Gasteiger partial charge in [-0.2, -0.15) is 11.3 Å². The number of nitrogens with one attached hydrogen (secondary N) is 1. The van der Waals surface area contributed by atoms with E-state index < -0.39 is 0 Å². The Bertz CT molecular complexity index is 670. The number of nitrogens with zero attached hydrogens (tertiary/aromatic N) is 1. The third kappa shape index (κ3) is 4.16. The van der Waals surface area contributed by atoms with Crippen molar-refractivity contribution in [1.82, 2.24) is 0 Å². The first-order chi connectivity index (χ1) is 11.2. The summed E-state index contributed by atoms with van der Waals surface area (Å²) in [4.78, 5) is 4.42. The molecule has 0 radical (unpaired) electrons. The molecule has 0 aliphatic carbocycles. The van der Waals surface area contributed by atoms with Gasteiger partial charge in [0.25, 0.3) is 0 Å². The highest BCUT2D eigenvalue weighted by molar-refractivity contribution is 7.07. The number of ether oxygens (including phenoxy) is 2. The lowest BCUT2D eigenvalue weighted by Crippen LogP contribution is -2.23. The fourth-order valence-electron chi connectivity index (χ4n) is 2.32. The van der Waals surface area contributed by atoms with E-state index in [1.165, 1.54) is 5.56 Å². The first-order valence-electron chi connectivity index (χ1n) is 7.71. The molecule has 2 aromatic rings. The van der Waals surface area contributed by atoms with E-state index in [4.69, 9.17) is 15.2 Å². The number of benzene rings is 1. The summed E-state index contributed by atoms with van der Waals surface area (Å²) in [5, 5.41) is 7.33. The van der Waals surface area contributed by atoms with Gasteiger partial charge >= 0.3 is 0 Å². The van der Waals surface area contributed by atoms with E-state index in [-0.39, 0.29) is 0 Å². The fourth-order valence-corrected chi connectivity index (χ4v) is 3.11. The van der Waals surface area contributed by atoms with Gasteiger partial charge in [0.1, 0.15) is 0 Å². The topological polar surface area (TPSA) is 68.9 Å². The van der Waals surface area contributed by atoms with E-state index in [1.54, 1.807) is 11.3 Å². The second kappa shape index (κ2) is 7.37. The van der Waals surface area contributed by atoms with Crippen molar-refractivity contribution >= 4 is 23.0 Å². The maximum atomic E-state index is 5.98. The van der Waals surface area contributed by atoms with Crippen LogP contribution in [0.1, 0.15) is 24.8 Å². The van der Waals surface area contributed by atoms with Gasteiger partial charge in [-0.05, 0) is 34.5 Å². The van der Waals surface area contributed by atoms with Crippen LogP contribution in [0.3, 0.4) is 0 Å². The SMILES string of the molecule is CC(CN=C(N)Nc1ccc2c(c1)OCCCO2)c1ccsc1. The predicted molar refractivity (Wildman–Crippen MR) is 94.9 cm³/mol. The molecule has 2 heterocycles. The Hall–Kier alpha value is -2.21. The number of thiophene rings is 1. The molecule has 0 spiro atoms. The molecule has 0 bridgehead atoms. The molecule has 122 valence electrons. The van der Waals surface area contributed by atoms with Crippen LogP contribution in [-0.4, -0.2) is 25.7 Å². The average molecular weight is 331 g/mol. The molecule has 1 unspecified atom stereocenters. The number of rotatable bonds is 4. The summed E-state index contributed by atoms with van der Waals surface area (Å²) >= 11 is 1.70. The summed E-state index contributed by atoms with van der Waals surface area (Å²) < 4.78 is 11.3. The van der Waals surface area contributed by atoms with Crippen LogP contribution in [0.25, 0.3) is 0 Å². The molecule has 1 aromatic carbocycles. The molecule has 1 aliphatic heterocycles. The molecule has 0 fully saturated rings. The highest BCUT2D eigenvalue weighted by Crippen LogP contribution is 2.32. The van der Waals surface area contributed by atoms with Crippen molar-refractivity contribution in [3.8, 4) is 11.5 Å². The molecule has 6 heteroatoms. The third-order valence-electron chi connectivity index (χ3n) is 3.67. The van der Waals surface area contributed by atoms with Gasteiger partial charge in [-0.25, -0.2) is 0 Å². The van der Waals surface area contributed by atoms with Crippen molar-refractivity contribution in [3.05, 3.63) is 40.6 Å². The molecule has 1 aliphatic rings. The maximum absolute atomic E-state index is 5.98. The Labute approximate surface area is 140 Å². The number of fused-ring (bicyclic) bond motifs is 1. The summed E-state index contributed by atoms with van der Waals surface area (Å²) in [5.74, 6) is 2.27. The zero-order valence-corrected chi connectivity index (χ0v) is 13.9. The number of hydrogen-bond donors (Lipinski definition) is 2. The lowest BCUT2D eigenvalue weighted by molar-refractivity contribution is 0.297. The van der Waals surface area contributed by atoms with Crippen LogP contribution in [0.5, 0.6) is 11.5 Å². The van der Waals surface area contributed by atoms with Gasteiger partial charge in [0.15, 0.2) is 17.5 Å². The van der Waals surface area contributed by atoms with Crippen LogP contribution in [-0.2, 0) is 0 Å². The van der Waals surface area contributed by atoms with E-state index in [0.717, 1.165) is 23.6 Å². The van der Waals surface area contributed by atoms with Crippen molar-refractivity contribution in [2.45, 2.75) is 19.3 Å². The van der Waals surface area contributed by atoms with Gasteiger partial charge in [-0.1, -0.05) is 6.92 Å². The molecule has 3 rings (SSSR count). The molecule has 0 saturated heterocycles. The third-order valence-corrected chi connectivity index (χ3v) is 4.37. The molecule has 0 amide bonds.